The molecule has 0 unspecified atom stereocenters. The number of pyridine rings is 1. The van der Waals surface area contributed by atoms with Crippen LogP contribution in [0.3, 0.4) is 0 Å². The highest BCUT2D eigenvalue weighted by molar-refractivity contribution is 6.13. The average molecular weight is 476 g/mol. The number of benzene rings is 2. The number of nitrogens with one attached hydrogen (secondary N) is 2. The molecule has 9 heteroatoms. The smallest absolute Gasteiger partial charge is 0.259 e. The quantitative estimate of drug-likeness (QED) is 0.469. The van der Waals surface area contributed by atoms with Crippen molar-refractivity contribution < 1.29 is 19.4 Å². The lowest BCUT2D eigenvalue weighted by Gasteiger charge is -2.23. The van der Waals surface area contributed by atoms with E-state index in [1.54, 1.807) is 24.3 Å². The molecule has 1 aromatic heterocycles. The molecule has 9 nitrogen and oxygen atoms in total. The van der Waals surface area contributed by atoms with Crippen molar-refractivity contribution in [1.29, 1.82) is 0 Å². The maximum Gasteiger partial charge on any atom is 0.259 e. The standard InChI is InChI=1S/C26H29N5O4/c1-30-13-4-14-31(16-15-30)19-9-7-18(8-10-19)25(33)29-24-21(5-3-6-22(24)32)26(34)28-23-12-11-20(35-2)17-27-23/h3,5-12,17,32H,4,13-16H2,1-2H3,(H,29,33)(H,27,28,34). The van der Waals surface area contributed by atoms with Crippen LogP contribution >= 0.6 is 0 Å². The van der Waals surface area contributed by atoms with E-state index in [9.17, 15) is 14.7 Å². The van der Waals surface area contributed by atoms with Crippen molar-refractivity contribution in [2.45, 2.75) is 6.42 Å². The highest BCUT2D eigenvalue weighted by Crippen LogP contribution is 2.29. The van der Waals surface area contributed by atoms with E-state index in [1.165, 1.54) is 31.5 Å². The SMILES string of the molecule is COc1ccc(NC(=O)c2cccc(O)c2NC(=O)c2ccc(N3CCCN(C)CC3)cc2)nc1. The van der Waals surface area contributed by atoms with Crippen LogP contribution in [0.25, 0.3) is 0 Å². The minimum atomic E-state index is -0.518. The maximum absolute atomic E-state index is 13.0. The molecule has 4 rings (SSSR count). The fraction of sp³-hybridized carbons (Fsp3) is 0.269. The van der Waals surface area contributed by atoms with E-state index in [-0.39, 0.29) is 17.0 Å². The number of phenolic OH excluding ortho intramolecular Hbond substituents is 1. The van der Waals surface area contributed by atoms with E-state index in [2.05, 4.69) is 32.5 Å². The van der Waals surface area contributed by atoms with Gasteiger partial charge in [0.05, 0.1) is 24.6 Å². The molecule has 0 saturated carbocycles. The maximum atomic E-state index is 13.0. The fourth-order valence-corrected chi connectivity index (χ4v) is 3.93. The van der Waals surface area contributed by atoms with Gasteiger partial charge in [0.15, 0.2) is 0 Å². The van der Waals surface area contributed by atoms with Crippen molar-refractivity contribution in [3.8, 4) is 11.5 Å². The molecule has 3 aromatic rings. The van der Waals surface area contributed by atoms with Crippen LogP contribution in [0.15, 0.2) is 60.8 Å². The molecule has 1 saturated heterocycles. The van der Waals surface area contributed by atoms with Crippen molar-refractivity contribution in [1.82, 2.24) is 9.88 Å². The highest BCUT2D eigenvalue weighted by Gasteiger charge is 2.19. The fourth-order valence-electron chi connectivity index (χ4n) is 3.93. The Hall–Kier alpha value is -4.11. The second kappa shape index (κ2) is 10.9. The lowest BCUT2D eigenvalue weighted by molar-refractivity contribution is 0.102. The molecule has 1 fully saturated rings. The number of likely N-dealkylation sites (N-methyl/N-ethyl adjacent to an activating group) is 1. The predicted octanol–water partition coefficient (Wildman–Crippen LogP) is 3.44. The van der Waals surface area contributed by atoms with Crippen LogP contribution in [0.2, 0.25) is 0 Å². The van der Waals surface area contributed by atoms with Crippen molar-refractivity contribution in [3.05, 3.63) is 71.9 Å². The summed E-state index contributed by atoms with van der Waals surface area (Å²) in [6.07, 6.45) is 2.57. The largest absolute Gasteiger partial charge is 0.506 e. The zero-order valence-electron chi connectivity index (χ0n) is 19.8. The van der Waals surface area contributed by atoms with Gasteiger partial charge in [-0.3, -0.25) is 9.59 Å². The number of hydrogen-bond donors (Lipinski definition) is 3. The normalized spacial score (nSPS) is 14.2. The van der Waals surface area contributed by atoms with E-state index >= 15 is 0 Å². The second-order valence-electron chi connectivity index (χ2n) is 8.38. The Morgan fingerprint density at radius 3 is 2.46 bits per heavy atom. The Morgan fingerprint density at radius 2 is 1.74 bits per heavy atom. The molecular formula is C26H29N5O4. The molecule has 0 aliphatic carbocycles. The molecule has 0 spiro atoms. The molecule has 2 heterocycles. The molecule has 35 heavy (non-hydrogen) atoms. The summed E-state index contributed by atoms with van der Waals surface area (Å²) in [6.45, 7) is 3.96. The number of para-hydroxylation sites is 1. The van der Waals surface area contributed by atoms with Crippen molar-refractivity contribution in [3.63, 3.8) is 0 Å². The van der Waals surface area contributed by atoms with Gasteiger partial charge in [0.2, 0.25) is 0 Å². The lowest BCUT2D eigenvalue weighted by Crippen LogP contribution is -2.28. The van der Waals surface area contributed by atoms with Gasteiger partial charge < -0.3 is 30.3 Å². The summed E-state index contributed by atoms with van der Waals surface area (Å²) < 4.78 is 5.07. The topological polar surface area (TPSA) is 107 Å². The van der Waals surface area contributed by atoms with E-state index < -0.39 is 11.8 Å². The Morgan fingerprint density at radius 1 is 0.943 bits per heavy atom. The van der Waals surface area contributed by atoms with Gasteiger partial charge in [-0.15, -0.1) is 0 Å². The van der Waals surface area contributed by atoms with Gasteiger partial charge >= 0.3 is 0 Å². The summed E-state index contributed by atoms with van der Waals surface area (Å²) in [5.41, 5.74) is 1.63. The molecule has 2 aromatic carbocycles. The molecule has 182 valence electrons. The van der Waals surface area contributed by atoms with Crippen LogP contribution in [0, 0.1) is 0 Å². The van der Waals surface area contributed by atoms with Crippen LogP contribution in [-0.4, -0.2) is 67.1 Å². The average Bonchev–Trinajstić information content (AvgIpc) is 3.10. The van der Waals surface area contributed by atoms with E-state index in [0.717, 1.165) is 38.3 Å². The summed E-state index contributed by atoms with van der Waals surface area (Å²) >= 11 is 0. The van der Waals surface area contributed by atoms with Gasteiger partial charge in [-0.25, -0.2) is 4.98 Å². The van der Waals surface area contributed by atoms with Crippen molar-refractivity contribution >= 4 is 29.0 Å². The van der Waals surface area contributed by atoms with Gasteiger partial charge in [0.1, 0.15) is 17.3 Å². The van der Waals surface area contributed by atoms with Crippen LogP contribution in [0.5, 0.6) is 11.5 Å². The van der Waals surface area contributed by atoms with Crippen LogP contribution < -0.4 is 20.3 Å². The number of ether oxygens (including phenoxy) is 1. The molecule has 0 atom stereocenters. The Bertz CT molecular complexity index is 1180. The monoisotopic (exact) mass is 475 g/mol. The third-order valence-electron chi connectivity index (χ3n) is 5.95. The number of phenols is 1. The van der Waals surface area contributed by atoms with Gasteiger partial charge in [-0.2, -0.15) is 0 Å². The lowest BCUT2D eigenvalue weighted by atomic mass is 10.1. The number of hydrogen-bond acceptors (Lipinski definition) is 7. The number of nitrogens with zero attached hydrogens (tertiary/aromatic N) is 3. The molecular weight excluding hydrogens is 446 g/mol. The van der Waals surface area contributed by atoms with Crippen LogP contribution in [0.4, 0.5) is 17.2 Å². The molecule has 3 N–H and O–H groups in total. The summed E-state index contributed by atoms with van der Waals surface area (Å²) in [5.74, 6) is -0.283. The van der Waals surface area contributed by atoms with Crippen LogP contribution in [-0.2, 0) is 0 Å². The minimum absolute atomic E-state index is 0.0307. The number of aromatic hydroxyl groups is 1. The zero-order valence-corrected chi connectivity index (χ0v) is 19.8. The minimum Gasteiger partial charge on any atom is -0.506 e. The van der Waals surface area contributed by atoms with Gasteiger partial charge in [-0.1, -0.05) is 6.07 Å². The van der Waals surface area contributed by atoms with E-state index in [4.69, 9.17) is 4.74 Å². The molecule has 1 aliphatic rings. The Labute approximate surface area is 204 Å². The predicted molar refractivity (Wildman–Crippen MR) is 136 cm³/mol. The number of anilines is 3. The number of aromatic nitrogens is 1. The van der Waals surface area contributed by atoms with E-state index in [0.29, 0.717) is 17.1 Å². The van der Waals surface area contributed by atoms with Crippen LogP contribution in [0.1, 0.15) is 27.1 Å². The third-order valence-corrected chi connectivity index (χ3v) is 5.95. The molecule has 2 amide bonds. The first-order chi connectivity index (χ1) is 16.9. The number of amides is 2. The molecule has 0 bridgehead atoms. The zero-order chi connectivity index (χ0) is 24.8. The number of methoxy groups -OCH3 is 1. The first kappa shape index (κ1) is 24.0. The number of rotatable bonds is 6. The Balaban J connectivity index is 1.47. The Kier molecular flexibility index (Phi) is 7.47. The van der Waals surface area contributed by atoms with Gasteiger partial charge in [0, 0.05) is 30.9 Å². The highest BCUT2D eigenvalue weighted by atomic mass is 16.5. The summed E-state index contributed by atoms with van der Waals surface area (Å²) in [4.78, 5) is 34.6. The molecule has 0 radical (unpaired) electrons. The molecule has 1 aliphatic heterocycles. The van der Waals surface area contributed by atoms with Crippen molar-refractivity contribution in [2.24, 2.45) is 0 Å². The summed E-state index contributed by atoms with van der Waals surface area (Å²) in [6, 6.07) is 15.1. The first-order valence-electron chi connectivity index (χ1n) is 11.4. The second-order valence-corrected chi connectivity index (χ2v) is 8.38. The number of carbonyl (C=O) groups is 2. The number of carbonyl (C=O) groups excluding carboxylic acids is 2. The van der Waals surface area contributed by atoms with Gasteiger partial charge in [0.25, 0.3) is 11.8 Å². The summed E-state index contributed by atoms with van der Waals surface area (Å²) in [5, 5.41) is 15.7. The summed E-state index contributed by atoms with van der Waals surface area (Å²) in [7, 11) is 3.65. The van der Waals surface area contributed by atoms with Crippen molar-refractivity contribution in [2.75, 3.05) is 55.9 Å². The third kappa shape index (κ3) is 5.88. The first-order valence-corrected chi connectivity index (χ1v) is 11.4. The van der Waals surface area contributed by atoms with E-state index in [1.807, 2.05) is 12.1 Å². The van der Waals surface area contributed by atoms with Gasteiger partial charge in [-0.05, 0) is 68.5 Å².